The van der Waals surface area contributed by atoms with Gasteiger partial charge in [-0.15, -0.1) is 10.2 Å². The molecule has 3 aromatic rings. The molecule has 3 rings (SSSR count). The van der Waals surface area contributed by atoms with Crippen LogP contribution in [0.4, 0.5) is 0 Å². The maximum Gasteiger partial charge on any atom is 0.267 e. The first-order valence-corrected chi connectivity index (χ1v) is 5.98. The summed E-state index contributed by atoms with van der Waals surface area (Å²) in [4.78, 5) is 0. The van der Waals surface area contributed by atoms with E-state index in [9.17, 15) is 0 Å². The minimum atomic E-state index is 0.387. The lowest BCUT2D eigenvalue weighted by Crippen LogP contribution is -1.86. The van der Waals surface area contributed by atoms with E-state index >= 15 is 0 Å². The maximum atomic E-state index is 5.61. The number of aromatic amines is 1. The molecule has 0 atom stereocenters. The van der Waals surface area contributed by atoms with Crippen LogP contribution in [0.25, 0.3) is 23.0 Å². The quantitative estimate of drug-likeness (QED) is 0.782. The summed E-state index contributed by atoms with van der Waals surface area (Å²) in [5.41, 5.74) is 2.33. The molecular formula is C10H9BrN6O. The van der Waals surface area contributed by atoms with E-state index in [0.717, 1.165) is 15.7 Å². The van der Waals surface area contributed by atoms with E-state index in [1.165, 1.54) is 0 Å². The van der Waals surface area contributed by atoms with Crippen LogP contribution >= 0.6 is 15.9 Å². The van der Waals surface area contributed by atoms with E-state index < -0.39 is 0 Å². The number of nitrogens with zero attached hydrogens (tertiary/aromatic N) is 5. The van der Waals surface area contributed by atoms with E-state index in [1.807, 2.05) is 20.2 Å². The molecule has 0 aliphatic rings. The highest BCUT2D eigenvalue weighted by Crippen LogP contribution is 2.28. The highest BCUT2D eigenvalue weighted by atomic mass is 79.9. The molecular weight excluding hydrogens is 300 g/mol. The lowest BCUT2D eigenvalue weighted by molar-refractivity contribution is 0.581. The molecule has 0 amide bonds. The Hall–Kier alpha value is -1.96. The third-order valence-electron chi connectivity index (χ3n) is 2.48. The standard InChI is InChI=1S/C10H9BrN6O/c1-5-6(4-17(2)16-5)9-14-15-10(18-9)8-7(11)3-12-13-8/h3-4H,1-2H3,(H,12,13). The number of H-pyrrole nitrogens is 1. The van der Waals surface area contributed by atoms with E-state index in [1.54, 1.807) is 10.9 Å². The molecule has 0 saturated carbocycles. The fourth-order valence-electron chi connectivity index (χ4n) is 1.66. The molecule has 8 heteroatoms. The SMILES string of the molecule is Cc1nn(C)cc1-c1nnc(-c2[nH]ncc2Br)o1. The van der Waals surface area contributed by atoms with Gasteiger partial charge < -0.3 is 4.42 Å². The third kappa shape index (κ3) is 1.74. The fraction of sp³-hybridized carbons (Fsp3) is 0.200. The molecule has 7 nitrogen and oxygen atoms in total. The first-order chi connectivity index (χ1) is 8.65. The number of hydrogen-bond acceptors (Lipinski definition) is 5. The van der Waals surface area contributed by atoms with Gasteiger partial charge in [0.05, 0.1) is 21.9 Å². The van der Waals surface area contributed by atoms with E-state index in [0.29, 0.717) is 17.5 Å². The molecule has 0 unspecified atom stereocenters. The smallest absolute Gasteiger partial charge is 0.267 e. The summed E-state index contributed by atoms with van der Waals surface area (Å²) in [7, 11) is 1.85. The lowest BCUT2D eigenvalue weighted by atomic mass is 10.3. The van der Waals surface area contributed by atoms with Crippen molar-refractivity contribution < 1.29 is 4.42 Å². The first kappa shape index (κ1) is 11.1. The molecule has 0 radical (unpaired) electrons. The Morgan fingerprint density at radius 2 is 2.11 bits per heavy atom. The zero-order valence-electron chi connectivity index (χ0n) is 9.68. The number of aryl methyl sites for hydroxylation is 2. The number of nitrogens with one attached hydrogen (secondary N) is 1. The molecule has 3 heterocycles. The van der Waals surface area contributed by atoms with Gasteiger partial charge in [0.15, 0.2) is 0 Å². The van der Waals surface area contributed by atoms with Gasteiger partial charge in [-0.3, -0.25) is 9.78 Å². The van der Waals surface area contributed by atoms with Gasteiger partial charge in [-0.25, -0.2) is 0 Å². The van der Waals surface area contributed by atoms with Gasteiger partial charge in [0.1, 0.15) is 5.69 Å². The topological polar surface area (TPSA) is 85.4 Å². The highest BCUT2D eigenvalue weighted by Gasteiger charge is 2.17. The van der Waals surface area contributed by atoms with Crippen LogP contribution in [0.3, 0.4) is 0 Å². The van der Waals surface area contributed by atoms with Gasteiger partial charge in [0.2, 0.25) is 0 Å². The van der Waals surface area contributed by atoms with Crippen LogP contribution in [0, 0.1) is 6.92 Å². The zero-order chi connectivity index (χ0) is 12.7. The molecule has 0 aliphatic heterocycles. The summed E-state index contributed by atoms with van der Waals surface area (Å²) in [6, 6.07) is 0. The Morgan fingerprint density at radius 3 is 2.72 bits per heavy atom. The second-order valence-electron chi connectivity index (χ2n) is 3.81. The monoisotopic (exact) mass is 308 g/mol. The molecule has 0 fully saturated rings. The molecule has 0 spiro atoms. The van der Waals surface area contributed by atoms with Crippen LogP contribution in [0.15, 0.2) is 21.3 Å². The Bertz CT molecular complexity index is 697. The zero-order valence-corrected chi connectivity index (χ0v) is 11.3. The molecule has 0 aromatic carbocycles. The van der Waals surface area contributed by atoms with E-state index in [4.69, 9.17) is 4.42 Å². The molecule has 0 bridgehead atoms. The summed E-state index contributed by atoms with van der Waals surface area (Å²) >= 11 is 3.35. The number of halogens is 1. The molecule has 92 valence electrons. The Labute approximate surface area is 110 Å². The van der Waals surface area contributed by atoms with Crippen LogP contribution < -0.4 is 0 Å². The van der Waals surface area contributed by atoms with Gasteiger partial charge in [0.25, 0.3) is 11.8 Å². The van der Waals surface area contributed by atoms with Crippen molar-refractivity contribution >= 4 is 15.9 Å². The molecule has 0 aliphatic carbocycles. The largest absolute Gasteiger partial charge is 0.414 e. The van der Waals surface area contributed by atoms with Gasteiger partial charge in [0, 0.05) is 13.2 Å². The summed E-state index contributed by atoms with van der Waals surface area (Å²) < 4.78 is 8.10. The molecule has 3 aromatic heterocycles. The van der Waals surface area contributed by atoms with E-state index in [2.05, 4.69) is 41.4 Å². The maximum absolute atomic E-state index is 5.61. The van der Waals surface area contributed by atoms with Crippen molar-refractivity contribution in [1.82, 2.24) is 30.2 Å². The normalized spacial score (nSPS) is 11.1. The van der Waals surface area contributed by atoms with Gasteiger partial charge >= 0.3 is 0 Å². The molecule has 0 saturated heterocycles. The Balaban J connectivity index is 2.05. The summed E-state index contributed by atoms with van der Waals surface area (Å²) in [5.74, 6) is 0.828. The number of rotatable bonds is 2. The minimum absolute atomic E-state index is 0.387. The minimum Gasteiger partial charge on any atom is -0.414 e. The lowest BCUT2D eigenvalue weighted by Gasteiger charge is -1.90. The summed E-state index contributed by atoms with van der Waals surface area (Å²) in [6.45, 7) is 1.89. The Kier molecular flexibility index (Phi) is 2.51. The highest BCUT2D eigenvalue weighted by molar-refractivity contribution is 9.10. The average Bonchev–Trinajstić information content (AvgIpc) is 2.98. The Morgan fingerprint density at radius 1 is 1.33 bits per heavy atom. The first-order valence-electron chi connectivity index (χ1n) is 5.18. The van der Waals surface area contributed by atoms with Crippen LogP contribution in [-0.4, -0.2) is 30.2 Å². The van der Waals surface area contributed by atoms with Crippen LogP contribution in [-0.2, 0) is 7.05 Å². The average molecular weight is 309 g/mol. The second kappa shape index (κ2) is 4.05. The number of hydrogen-bond donors (Lipinski definition) is 1. The van der Waals surface area contributed by atoms with Gasteiger partial charge in [-0.2, -0.15) is 10.2 Å². The summed E-state index contributed by atoms with van der Waals surface area (Å²) in [5, 5.41) is 18.9. The van der Waals surface area contributed by atoms with Gasteiger partial charge in [-0.05, 0) is 22.9 Å². The number of aromatic nitrogens is 6. The second-order valence-corrected chi connectivity index (χ2v) is 4.66. The van der Waals surface area contributed by atoms with Crippen molar-refractivity contribution in [2.24, 2.45) is 7.05 Å². The van der Waals surface area contributed by atoms with Crippen LogP contribution in [0.1, 0.15) is 5.69 Å². The van der Waals surface area contributed by atoms with Crippen molar-refractivity contribution in [3.8, 4) is 23.0 Å². The van der Waals surface area contributed by atoms with Crippen molar-refractivity contribution in [3.05, 3.63) is 22.6 Å². The fourth-order valence-corrected chi connectivity index (χ4v) is 2.02. The summed E-state index contributed by atoms with van der Waals surface area (Å²) in [6.07, 6.45) is 3.48. The van der Waals surface area contributed by atoms with E-state index in [-0.39, 0.29) is 0 Å². The van der Waals surface area contributed by atoms with Crippen molar-refractivity contribution in [2.75, 3.05) is 0 Å². The van der Waals surface area contributed by atoms with Crippen LogP contribution in [0.5, 0.6) is 0 Å². The van der Waals surface area contributed by atoms with Crippen LogP contribution in [0.2, 0.25) is 0 Å². The van der Waals surface area contributed by atoms with Crippen molar-refractivity contribution in [2.45, 2.75) is 6.92 Å². The van der Waals surface area contributed by atoms with Crippen molar-refractivity contribution in [3.63, 3.8) is 0 Å². The van der Waals surface area contributed by atoms with Gasteiger partial charge in [-0.1, -0.05) is 0 Å². The van der Waals surface area contributed by atoms with Crippen molar-refractivity contribution in [1.29, 1.82) is 0 Å². The molecule has 18 heavy (non-hydrogen) atoms. The predicted octanol–water partition coefficient (Wildman–Crippen LogP) is 1.93. The predicted molar refractivity (Wildman–Crippen MR) is 66.5 cm³/mol. The molecule has 1 N–H and O–H groups in total. The third-order valence-corrected chi connectivity index (χ3v) is 3.08.